The van der Waals surface area contributed by atoms with Gasteiger partial charge in [-0.25, -0.2) is 9.67 Å². The Balaban J connectivity index is 1.58. The summed E-state index contributed by atoms with van der Waals surface area (Å²) in [7, 11) is 0. The molecule has 0 unspecified atom stereocenters. The van der Waals surface area contributed by atoms with Gasteiger partial charge in [0.2, 0.25) is 5.89 Å². The fourth-order valence-corrected chi connectivity index (χ4v) is 2.51. The lowest BCUT2D eigenvalue weighted by molar-refractivity contribution is 0.102. The summed E-state index contributed by atoms with van der Waals surface area (Å²) in [5.41, 5.74) is 2.40. The van der Waals surface area contributed by atoms with E-state index in [2.05, 4.69) is 25.8 Å². The number of anilines is 1. The number of rotatable bonds is 4. The smallest absolute Gasteiger partial charge is 0.277 e. The number of carbonyl (C=O) groups excluding carboxylic acids is 1. The first kappa shape index (κ1) is 15.7. The molecule has 1 N–H and O–H groups in total. The van der Waals surface area contributed by atoms with Crippen LogP contribution < -0.4 is 5.32 Å². The minimum atomic E-state index is -0.345. The fourth-order valence-electron chi connectivity index (χ4n) is 2.51. The number of hydrogen-bond donors (Lipinski definition) is 1. The minimum absolute atomic E-state index is 0.247. The van der Waals surface area contributed by atoms with Crippen LogP contribution in [0.5, 0.6) is 0 Å². The van der Waals surface area contributed by atoms with Crippen LogP contribution in [0.15, 0.2) is 65.3 Å². The second-order valence-electron chi connectivity index (χ2n) is 5.55. The number of nitrogens with zero attached hydrogens (tertiary/aromatic N) is 5. The van der Waals surface area contributed by atoms with Gasteiger partial charge in [-0.1, -0.05) is 24.3 Å². The first-order chi connectivity index (χ1) is 12.7. The molecule has 4 aromatic rings. The van der Waals surface area contributed by atoms with Crippen LogP contribution in [0.2, 0.25) is 0 Å². The summed E-state index contributed by atoms with van der Waals surface area (Å²) in [4.78, 5) is 16.9. The Hall–Kier alpha value is -3.81. The van der Waals surface area contributed by atoms with Crippen molar-refractivity contribution >= 4 is 11.6 Å². The zero-order chi connectivity index (χ0) is 17.9. The lowest BCUT2D eigenvalue weighted by Gasteiger charge is -2.05. The molecule has 0 aliphatic heterocycles. The van der Waals surface area contributed by atoms with Crippen LogP contribution in [0.3, 0.4) is 0 Å². The van der Waals surface area contributed by atoms with E-state index in [1.54, 1.807) is 25.1 Å². The molecule has 4 rings (SSSR count). The zero-order valence-corrected chi connectivity index (χ0v) is 13.8. The van der Waals surface area contributed by atoms with Crippen molar-refractivity contribution in [2.45, 2.75) is 6.92 Å². The van der Waals surface area contributed by atoms with Crippen LogP contribution in [-0.2, 0) is 0 Å². The van der Waals surface area contributed by atoms with Crippen LogP contribution in [0.25, 0.3) is 17.1 Å². The van der Waals surface area contributed by atoms with Crippen LogP contribution in [0.1, 0.15) is 16.2 Å². The zero-order valence-electron chi connectivity index (χ0n) is 13.8. The second kappa shape index (κ2) is 6.60. The SMILES string of the molecule is Cc1oc(-c2ccccc2)nc1C(=O)Nc1cccc(-n2cnnn2)c1. The van der Waals surface area contributed by atoms with Crippen LogP contribution in [-0.4, -0.2) is 31.1 Å². The summed E-state index contributed by atoms with van der Waals surface area (Å²) in [5, 5.41) is 13.9. The maximum Gasteiger partial charge on any atom is 0.277 e. The number of carbonyl (C=O) groups is 1. The van der Waals surface area contributed by atoms with E-state index in [1.165, 1.54) is 11.0 Å². The Morgan fingerprint density at radius 1 is 1.12 bits per heavy atom. The van der Waals surface area contributed by atoms with E-state index in [0.29, 0.717) is 17.3 Å². The van der Waals surface area contributed by atoms with E-state index in [1.807, 2.05) is 36.4 Å². The third-order valence-electron chi connectivity index (χ3n) is 3.75. The predicted molar refractivity (Wildman–Crippen MR) is 93.8 cm³/mol. The minimum Gasteiger partial charge on any atom is -0.441 e. The molecular formula is C18H14N6O2. The van der Waals surface area contributed by atoms with Gasteiger partial charge in [0.1, 0.15) is 12.1 Å². The summed E-state index contributed by atoms with van der Waals surface area (Å²) in [6, 6.07) is 16.6. The van der Waals surface area contributed by atoms with Crippen LogP contribution >= 0.6 is 0 Å². The van der Waals surface area contributed by atoms with Gasteiger partial charge in [0.05, 0.1) is 5.69 Å². The van der Waals surface area contributed by atoms with Gasteiger partial charge in [-0.3, -0.25) is 4.79 Å². The van der Waals surface area contributed by atoms with E-state index in [9.17, 15) is 4.79 Å². The molecule has 8 heteroatoms. The average Bonchev–Trinajstić information content (AvgIpc) is 3.32. The van der Waals surface area contributed by atoms with E-state index >= 15 is 0 Å². The molecule has 0 bridgehead atoms. The molecule has 0 fully saturated rings. The largest absolute Gasteiger partial charge is 0.441 e. The van der Waals surface area contributed by atoms with Gasteiger partial charge in [-0.05, 0) is 47.7 Å². The number of oxazole rings is 1. The maximum absolute atomic E-state index is 12.6. The molecule has 128 valence electrons. The second-order valence-corrected chi connectivity index (χ2v) is 5.55. The summed E-state index contributed by atoms with van der Waals surface area (Å²) < 4.78 is 7.14. The van der Waals surface area contributed by atoms with E-state index in [4.69, 9.17) is 4.42 Å². The van der Waals surface area contributed by atoms with E-state index in [-0.39, 0.29) is 11.6 Å². The van der Waals surface area contributed by atoms with Gasteiger partial charge in [0.15, 0.2) is 5.69 Å². The number of aryl methyl sites for hydroxylation is 1. The van der Waals surface area contributed by atoms with Crippen molar-refractivity contribution in [1.82, 2.24) is 25.2 Å². The lowest BCUT2D eigenvalue weighted by atomic mass is 10.2. The highest BCUT2D eigenvalue weighted by Gasteiger charge is 2.18. The molecular weight excluding hydrogens is 332 g/mol. The average molecular weight is 346 g/mol. The summed E-state index contributed by atoms with van der Waals surface area (Å²) in [6.45, 7) is 1.71. The molecule has 2 aromatic carbocycles. The quantitative estimate of drug-likeness (QED) is 0.610. The molecule has 0 atom stereocenters. The van der Waals surface area contributed by atoms with Crippen molar-refractivity contribution in [2.24, 2.45) is 0 Å². The maximum atomic E-state index is 12.6. The normalized spacial score (nSPS) is 10.7. The van der Waals surface area contributed by atoms with Gasteiger partial charge < -0.3 is 9.73 Å². The van der Waals surface area contributed by atoms with E-state index < -0.39 is 0 Å². The molecule has 2 heterocycles. The van der Waals surface area contributed by atoms with E-state index in [0.717, 1.165) is 11.3 Å². The molecule has 8 nitrogen and oxygen atoms in total. The number of aromatic nitrogens is 5. The molecule has 0 aliphatic carbocycles. The highest BCUT2D eigenvalue weighted by Crippen LogP contribution is 2.22. The summed E-state index contributed by atoms with van der Waals surface area (Å²) in [6.07, 6.45) is 1.48. The molecule has 0 aliphatic rings. The third-order valence-corrected chi connectivity index (χ3v) is 3.75. The van der Waals surface area contributed by atoms with Crippen molar-refractivity contribution in [1.29, 1.82) is 0 Å². The van der Waals surface area contributed by atoms with Gasteiger partial charge in [-0.2, -0.15) is 0 Å². The molecule has 2 aromatic heterocycles. The Kier molecular flexibility index (Phi) is 3.98. The number of tetrazole rings is 1. The number of hydrogen-bond acceptors (Lipinski definition) is 6. The van der Waals surface area contributed by atoms with Crippen molar-refractivity contribution in [3.8, 4) is 17.1 Å². The predicted octanol–water partition coefficient (Wildman–Crippen LogP) is 2.88. The molecule has 0 radical (unpaired) electrons. The van der Waals surface area contributed by atoms with Crippen molar-refractivity contribution < 1.29 is 9.21 Å². The van der Waals surface area contributed by atoms with Gasteiger partial charge in [-0.15, -0.1) is 5.10 Å². The number of amides is 1. The van der Waals surface area contributed by atoms with Crippen molar-refractivity contribution in [2.75, 3.05) is 5.32 Å². The highest BCUT2D eigenvalue weighted by atomic mass is 16.4. The van der Waals surface area contributed by atoms with Gasteiger partial charge >= 0.3 is 0 Å². The standard InChI is InChI=1S/C18H14N6O2/c1-12-16(21-18(26-12)13-6-3-2-4-7-13)17(25)20-14-8-5-9-15(10-14)24-11-19-22-23-24/h2-11H,1H3,(H,20,25). The summed E-state index contributed by atoms with van der Waals surface area (Å²) >= 11 is 0. The van der Waals surface area contributed by atoms with Crippen LogP contribution in [0.4, 0.5) is 5.69 Å². The monoisotopic (exact) mass is 346 g/mol. The Morgan fingerprint density at radius 2 is 1.96 bits per heavy atom. The first-order valence-corrected chi connectivity index (χ1v) is 7.88. The molecule has 0 spiro atoms. The Labute approximate surface area is 148 Å². The first-order valence-electron chi connectivity index (χ1n) is 7.88. The lowest BCUT2D eigenvalue weighted by Crippen LogP contribution is -2.13. The van der Waals surface area contributed by atoms with Gasteiger partial charge in [0, 0.05) is 11.3 Å². The van der Waals surface area contributed by atoms with Crippen LogP contribution in [0, 0.1) is 6.92 Å². The van der Waals surface area contributed by atoms with Gasteiger partial charge in [0.25, 0.3) is 5.91 Å². The highest BCUT2D eigenvalue weighted by molar-refractivity contribution is 6.03. The topological polar surface area (TPSA) is 98.7 Å². The van der Waals surface area contributed by atoms with Crippen molar-refractivity contribution in [3.63, 3.8) is 0 Å². The van der Waals surface area contributed by atoms with Crippen molar-refractivity contribution in [3.05, 3.63) is 72.4 Å². The number of benzene rings is 2. The Morgan fingerprint density at radius 3 is 2.73 bits per heavy atom. The Bertz CT molecular complexity index is 1040. The molecule has 1 amide bonds. The summed E-state index contributed by atoms with van der Waals surface area (Å²) in [5.74, 6) is 0.524. The molecule has 0 saturated heterocycles. The molecule has 0 saturated carbocycles. The third kappa shape index (κ3) is 3.07. The number of nitrogens with one attached hydrogen (secondary N) is 1. The fraction of sp³-hybridized carbons (Fsp3) is 0.0556. The molecule has 26 heavy (non-hydrogen) atoms.